The van der Waals surface area contributed by atoms with E-state index in [1.165, 1.54) is 22.7 Å². The van der Waals surface area contributed by atoms with Crippen molar-refractivity contribution >= 4 is 5.65 Å². The van der Waals surface area contributed by atoms with E-state index in [9.17, 15) is 18.0 Å². The van der Waals surface area contributed by atoms with Gasteiger partial charge in [-0.1, -0.05) is 18.2 Å². The molecule has 130 valence electrons. The Morgan fingerprint density at radius 2 is 1.77 bits per heavy atom. The first-order valence-electron chi connectivity index (χ1n) is 7.64. The molecule has 0 unspecified atom stereocenters. The largest absolute Gasteiger partial charge is 0.416 e. The van der Waals surface area contributed by atoms with E-state index in [2.05, 4.69) is 15.1 Å². The number of aromatic nitrogens is 4. The molecule has 0 aliphatic rings. The van der Waals surface area contributed by atoms with Crippen LogP contribution in [-0.2, 0) is 6.18 Å². The van der Waals surface area contributed by atoms with Gasteiger partial charge in [0.05, 0.1) is 22.5 Å². The van der Waals surface area contributed by atoms with Crippen molar-refractivity contribution in [3.05, 3.63) is 76.8 Å². The lowest BCUT2D eigenvalue weighted by molar-refractivity contribution is -0.137. The fourth-order valence-corrected chi connectivity index (χ4v) is 2.67. The van der Waals surface area contributed by atoms with Crippen LogP contribution in [0, 0.1) is 0 Å². The van der Waals surface area contributed by atoms with E-state index in [0.717, 1.165) is 12.1 Å². The maximum Gasteiger partial charge on any atom is 0.416 e. The summed E-state index contributed by atoms with van der Waals surface area (Å²) in [6, 6.07) is 11.2. The van der Waals surface area contributed by atoms with Gasteiger partial charge in [-0.15, -0.1) is 0 Å². The average molecular weight is 356 g/mol. The molecule has 3 aromatic heterocycles. The molecule has 8 heteroatoms. The van der Waals surface area contributed by atoms with E-state index < -0.39 is 11.7 Å². The maximum atomic E-state index is 12.7. The number of halogens is 3. The molecule has 0 saturated carbocycles. The summed E-state index contributed by atoms with van der Waals surface area (Å²) < 4.78 is 39.4. The fourth-order valence-electron chi connectivity index (χ4n) is 2.67. The predicted molar refractivity (Wildman–Crippen MR) is 89.5 cm³/mol. The zero-order valence-electron chi connectivity index (χ0n) is 13.2. The standard InChI is InChI=1S/C18H11F3N4O/c19-18(20,21)12-6-4-11(5-7-12)15-9-16(26)25-17(24-15)13(10-23-25)14-3-1-2-8-22-14/h1-10,23H. The lowest BCUT2D eigenvalue weighted by Crippen LogP contribution is -2.14. The predicted octanol–water partition coefficient (Wildman–Crippen LogP) is 3.77. The number of benzene rings is 1. The summed E-state index contributed by atoms with van der Waals surface area (Å²) in [5.74, 6) is 0. The normalized spacial score (nSPS) is 11.8. The monoisotopic (exact) mass is 356 g/mol. The topological polar surface area (TPSA) is 63.0 Å². The van der Waals surface area contributed by atoms with Crippen LogP contribution in [0.15, 0.2) is 65.7 Å². The molecule has 4 rings (SSSR count). The Hall–Kier alpha value is -3.42. The van der Waals surface area contributed by atoms with Crippen molar-refractivity contribution in [3.63, 3.8) is 0 Å². The van der Waals surface area contributed by atoms with Crippen LogP contribution in [0.2, 0.25) is 0 Å². The van der Waals surface area contributed by atoms with Gasteiger partial charge in [-0.25, -0.2) is 9.50 Å². The lowest BCUT2D eigenvalue weighted by Gasteiger charge is -2.07. The van der Waals surface area contributed by atoms with E-state index in [4.69, 9.17) is 0 Å². The third kappa shape index (κ3) is 2.75. The molecule has 0 aliphatic carbocycles. The molecular weight excluding hydrogens is 345 g/mol. The molecule has 0 amide bonds. The minimum absolute atomic E-state index is 0.292. The van der Waals surface area contributed by atoms with Crippen molar-refractivity contribution in [2.24, 2.45) is 0 Å². The Labute approximate surface area is 144 Å². The summed E-state index contributed by atoms with van der Waals surface area (Å²) in [7, 11) is 0. The smallest absolute Gasteiger partial charge is 0.296 e. The van der Waals surface area contributed by atoms with Gasteiger partial charge in [0.2, 0.25) is 0 Å². The van der Waals surface area contributed by atoms with Crippen LogP contribution in [0.1, 0.15) is 5.56 Å². The molecule has 1 N–H and O–H groups in total. The first-order chi connectivity index (χ1) is 12.4. The second-order valence-electron chi connectivity index (χ2n) is 5.62. The van der Waals surface area contributed by atoms with Gasteiger partial charge in [-0.2, -0.15) is 13.2 Å². The number of pyridine rings is 1. The highest BCUT2D eigenvalue weighted by Crippen LogP contribution is 2.30. The molecule has 0 radical (unpaired) electrons. The Morgan fingerprint density at radius 3 is 2.42 bits per heavy atom. The number of nitrogens with one attached hydrogen (secondary N) is 1. The van der Waals surface area contributed by atoms with Gasteiger partial charge in [0.1, 0.15) is 0 Å². The van der Waals surface area contributed by atoms with Crippen LogP contribution in [0.3, 0.4) is 0 Å². The SMILES string of the molecule is O=c1cc(-c2ccc(C(F)(F)F)cc2)nc2c(-c3ccccn3)c[nH]n12. The van der Waals surface area contributed by atoms with E-state index in [0.29, 0.717) is 28.2 Å². The van der Waals surface area contributed by atoms with Crippen molar-refractivity contribution in [1.29, 1.82) is 0 Å². The second-order valence-corrected chi connectivity index (χ2v) is 5.62. The van der Waals surface area contributed by atoms with Gasteiger partial charge in [-0.05, 0) is 24.3 Å². The molecule has 3 heterocycles. The van der Waals surface area contributed by atoms with Gasteiger partial charge in [-0.3, -0.25) is 14.9 Å². The Bertz CT molecular complexity index is 1130. The van der Waals surface area contributed by atoms with E-state index >= 15 is 0 Å². The van der Waals surface area contributed by atoms with Gasteiger partial charge < -0.3 is 0 Å². The Kier molecular flexibility index (Phi) is 3.61. The molecule has 1 aromatic carbocycles. The third-order valence-corrected chi connectivity index (χ3v) is 3.95. The fraction of sp³-hybridized carbons (Fsp3) is 0.0556. The van der Waals surface area contributed by atoms with Crippen molar-refractivity contribution < 1.29 is 13.2 Å². The lowest BCUT2D eigenvalue weighted by atomic mass is 10.1. The number of H-pyrrole nitrogens is 1. The summed E-state index contributed by atoms with van der Waals surface area (Å²) >= 11 is 0. The highest BCUT2D eigenvalue weighted by atomic mass is 19.4. The van der Waals surface area contributed by atoms with Gasteiger partial charge >= 0.3 is 6.18 Å². The first kappa shape index (κ1) is 16.1. The quantitative estimate of drug-likeness (QED) is 0.595. The number of nitrogens with zero attached hydrogens (tertiary/aromatic N) is 3. The van der Waals surface area contributed by atoms with Crippen LogP contribution in [0.5, 0.6) is 0 Å². The van der Waals surface area contributed by atoms with Crippen LogP contribution in [0.25, 0.3) is 28.2 Å². The molecule has 0 bridgehead atoms. The van der Waals surface area contributed by atoms with E-state index in [-0.39, 0.29) is 5.56 Å². The van der Waals surface area contributed by atoms with Crippen molar-refractivity contribution in [1.82, 2.24) is 19.6 Å². The molecule has 0 fully saturated rings. The van der Waals surface area contributed by atoms with Crippen LogP contribution < -0.4 is 5.56 Å². The summed E-state index contributed by atoms with van der Waals surface area (Å²) in [5.41, 5.74) is 1.19. The van der Waals surface area contributed by atoms with E-state index in [1.807, 2.05) is 6.07 Å². The minimum atomic E-state index is -4.41. The molecule has 4 aromatic rings. The van der Waals surface area contributed by atoms with Crippen LogP contribution in [-0.4, -0.2) is 19.6 Å². The van der Waals surface area contributed by atoms with Gasteiger partial charge in [0.25, 0.3) is 5.56 Å². The summed E-state index contributed by atoms with van der Waals surface area (Å²) in [4.78, 5) is 21.0. The Balaban J connectivity index is 1.86. The maximum absolute atomic E-state index is 12.7. The summed E-state index contributed by atoms with van der Waals surface area (Å²) in [5, 5.41) is 2.82. The zero-order valence-corrected chi connectivity index (χ0v) is 13.2. The molecule has 0 saturated heterocycles. The highest BCUT2D eigenvalue weighted by molar-refractivity contribution is 5.76. The van der Waals surface area contributed by atoms with Gasteiger partial charge in [0, 0.05) is 24.0 Å². The van der Waals surface area contributed by atoms with Crippen molar-refractivity contribution in [3.8, 4) is 22.5 Å². The number of rotatable bonds is 2. The van der Waals surface area contributed by atoms with Crippen LogP contribution >= 0.6 is 0 Å². The first-order valence-corrected chi connectivity index (χ1v) is 7.64. The van der Waals surface area contributed by atoms with Crippen molar-refractivity contribution in [2.75, 3.05) is 0 Å². The number of aromatic amines is 1. The summed E-state index contributed by atoms with van der Waals surface area (Å²) in [6.45, 7) is 0. The number of alkyl halides is 3. The number of fused-ring (bicyclic) bond motifs is 1. The van der Waals surface area contributed by atoms with Crippen LogP contribution in [0.4, 0.5) is 13.2 Å². The second kappa shape index (κ2) is 5.83. The number of hydrogen-bond donors (Lipinski definition) is 1. The number of hydrogen-bond acceptors (Lipinski definition) is 3. The molecule has 0 spiro atoms. The Morgan fingerprint density at radius 1 is 1.00 bits per heavy atom. The zero-order chi connectivity index (χ0) is 18.3. The molecular formula is C18H11F3N4O. The molecule has 26 heavy (non-hydrogen) atoms. The minimum Gasteiger partial charge on any atom is -0.296 e. The molecule has 0 atom stereocenters. The van der Waals surface area contributed by atoms with E-state index in [1.54, 1.807) is 24.5 Å². The molecule has 0 aliphatic heterocycles. The summed E-state index contributed by atoms with van der Waals surface area (Å²) in [6.07, 6.45) is -1.18. The van der Waals surface area contributed by atoms with Crippen molar-refractivity contribution in [2.45, 2.75) is 6.18 Å². The molecule has 5 nitrogen and oxygen atoms in total. The third-order valence-electron chi connectivity index (χ3n) is 3.95. The van der Waals surface area contributed by atoms with Gasteiger partial charge in [0.15, 0.2) is 5.65 Å². The highest BCUT2D eigenvalue weighted by Gasteiger charge is 2.30. The average Bonchev–Trinajstić information content (AvgIpc) is 3.06.